The minimum atomic E-state index is -4.64. The standard InChI is InChI=1S/C17H18F3N5O2S2/c1-23(2)29(26,27)24-7-3-5-13(24)11-10-16-21-12(14-6-4-8-28-14)9-15(17(18,19)20)25(16)22-11/h4,6,8-10,13H,3,5,7H2,1-2H3/t13-/m1/s1. The molecule has 4 heterocycles. The topological polar surface area (TPSA) is 70.8 Å². The molecule has 7 nitrogen and oxygen atoms in total. The van der Waals surface area contributed by atoms with Gasteiger partial charge in [-0.2, -0.15) is 35.3 Å². The third-order valence-electron chi connectivity index (χ3n) is 4.81. The van der Waals surface area contributed by atoms with E-state index in [0.29, 0.717) is 24.3 Å². The second-order valence-electron chi connectivity index (χ2n) is 6.90. The molecule has 156 valence electrons. The van der Waals surface area contributed by atoms with E-state index in [1.165, 1.54) is 35.8 Å². The molecule has 4 rings (SSSR count). The van der Waals surface area contributed by atoms with E-state index < -0.39 is 28.1 Å². The van der Waals surface area contributed by atoms with Crippen LogP contribution in [0.4, 0.5) is 13.2 Å². The molecule has 1 aliphatic heterocycles. The molecule has 0 spiro atoms. The molecule has 0 N–H and O–H groups in total. The number of thiophene rings is 1. The first-order chi connectivity index (χ1) is 13.6. The summed E-state index contributed by atoms with van der Waals surface area (Å²) in [5, 5.41) is 5.88. The summed E-state index contributed by atoms with van der Waals surface area (Å²) in [6.07, 6.45) is -3.55. The number of fused-ring (bicyclic) bond motifs is 1. The summed E-state index contributed by atoms with van der Waals surface area (Å²) in [7, 11) is -0.874. The highest BCUT2D eigenvalue weighted by atomic mass is 32.2. The van der Waals surface area contributed by atoms with E-state index in [1.807, 2.05) is 0 Å². The predicted octanol–water partition coefficient (Wildman–Crippen LogP) is 3.42. The minimum Gasteiger partial charge on any atom is -0.228 e. The molecular weight excluding hydrogens is 427 g/mol. The van der Waals surface area contributed by atoms with E-state index in [2.05, 4.69) is 10.1 Å². The number of alkyl halides is 3. The van der Waals surface area contributed by atoms with Gasteiger partial charge in [-0.15, -0.1) is 11.3 Å². The summed E-state index contributed by atoms with van der Waals surface area (Å²) in [5.41, 5.74) is -0.450. The van der Waals surface area contributed by atoms with Crippen LogP contribution in [0.15, 0.2) is 29.6 Å². The largest absolute Gasteiger partial charge is 0.433 e. The average molecular weight is 445 g/mol. The van der Waals surface area contributed by atoms with Gasteiger partial charge in [0, 0.05) is 26.7 Å². The molecule has 1 atom stereocenters. The maximum Gasteiger partial charge on any atom is 0.433 e. The molecule has 12 heteroatoms. The molecule has 0 aromatic carbocycles. The van der Waals surface area contributed by atoms with Gasteiger partial charge in [-0.05, 0) is 30.4 Å². The van der Waals surface area contributed by atoms with E-state index in [9.17, 15) is 21.6 Å². The Morgan fingerprint density at radius 2 is 2.03 bits per heavy atom. The molecule has 1 aliphatic rings. The molecule has 0 saturated carbocycles. The van der Waals surface area contributed by atoms with Gasteiger partial charge in [0.1, 0.15) is 0 Å². The van der Waals surface area contributed by atoms with Crippen molar-refractivity contribution in [1.82, 2.24) is 23.2 Å². The number of hydrogen-bond donors (Lipinski definition) is 0. The Morgan fingerprint density at radius 1 is 1.28 bits per heavy atom. The lowest BCUT2D eigenvalue weighted by atomic mass is 10.2. The smallest absolute Gasteiger partial charge is 0.228 e. The van der Waals surface area contributed by atoms with Crippen molar-refractivity contribution in [2.75, 3.05) is 20.6 Å². The quantitative estimate of drug-likeness (QED) is 0.617. The second kappa shape index (κ2) is 7.04. The molecule has 0 amide bonds. The molecule has 0 radical (unpaired) electrons. The Bertz CT molecular complexity index is 1140. The van der Waals surface area contributed by atoms with Gasteiger partial charge in [-0.25, -0.2) is 9.50 Å². The van der Waals surface area contributed by atoms with Gasteiger partial charge in [-0.3, -0.25) is 0 Å². The fourth-order valence-electron chi connectivity index (χ4n) is 3.43. The van der Waals surface area contributed by atoms with Crippen LogP contribution in [0.3, 0.4) is 0 Å². The minimum absolute atomic E-state index is 0.0346. The van der Waals surface area contributed by atoms with Gasteiger partial charge >= 0.3 is 6.18 Å². The summed E-state index contributed by atoms with van der Waals surface area (Å²) < 4.78 is 69.4. The van der Waals surface area contributed by atoms with Crippen LogP contribution in [-0.2, 0) is 16.4 Å². The van der Waals surface area contributed by atoms with E-state index >= 15 is 0 Å². The average Bonchev–Trinajstić information content (AvgIpc) is 3.37. The number of nitrogens with zero attached hydrogens (tertiary/aromatic N) is 5. The zero-order valence-corrected chi connectivity index (χ0v) is 17.2. The summed E-state index contributed by atoms with van der Waals surface area (Å²) in [6, 6.07) is 5.22. The Morgan fingerprint density at radius 3 is 2.66 bits per heavy atom. The Hall–Kier alpha value is -2.02. The van der Waals surface area contributed by atoms with Crippen LogP contribution >= 0.6 is 11.3 Å². The Kier molecular flexibility index (Phi) is 4.92. The molecule has 3 aromatic heterocycles. The van der Waals surface area contributed by atoms with Crippen molar-refractivity contribution in [3.8, 4) is 10.6 Å². The molecule has 0 unspecified atom stereocenters. The van der Waals surface area contributed by atoms with Gasteiger partial charge in [0.15, 0.2) is 11.3 Å². The SMILES string of the molecule is CN(C)S(=O)(=O)N1CCC[C@@H]1c1cc2nc(-c3cccs3)cc(C(F)(F)F)n2n1. The molecule has 0 bridgehead atoms. The van der Waals surface area contributed by atoms with Crippen molar-refractivity contribution in [3.05, 3.63) is 41.0 Å². The van der Waals surface area contributed by atoms with Crippen LogP contribution in [0.2, 0.25) is 0 Å². The van der Waals surface area contributed by atoms with Crippen molar-refractivity contribution in [3.63, 3.8) is 0 Å². The van der Waals surface area contributed by atoms with Gasteiger partial charge in [0.2, 0.25) is 0 Å². The van der Waals surface area contributed by atoms with E-state index in [4.69, 9.17) is 0 Å². The highest BCUT2D eigenvalue weighted by Gasteiger charge is 2.39. The van der Waals surface area contributed by atoms with Gasteiger partial charge < -0.3 is 0 Å². The van der Waals surface area contributed by atoms with Gasteiger partial charge in [0.05, 0.1) is 22.3 Å². The zero-order valence-electron chi connectivity index (χ0n) is 15.6. The number of halogens is 3. The molecule has 0 aliphatic carbocycles. The molecule has 1 saturated heterocycles. The monoisotopic (exact) mass is 445 g/mol. The second-order valence-corrected chi connectivity index (χ2v) is 9.94. The fourth-order valence-corrected chi connectivity index (χ4v) is 5.43. The maximum absolute atomic E-state index is 13.7. The summed E-state index contributed by atoms with van der Waals surface area (Å²) in [6.45, 7) is 0.291. The van der Waals surface area contributed by atoms with E-state index in [1.54, 1.807) is 17.5 Å². The first-order valence-electron chi connectivity index (χ1n) is 8.80. The number of hydrogen-bond acceptors (Lipinski definition) is 5. The van der Waals surface area contributed by atoms with Crippen LogP contribution in [-0.4, -0.2) is 52.3 Å². The normalized spacial score (nSPS) is 18.9. The third kappa shape index (κ3) is 3.54. The molecule has 29 heavy (non-hydrogen) atoms. The third-order valence-corrected chi connectivity index (χ3v) is 7.66. The van der Waals surface area contributed by atoms with Crippen molar-refractivity contribution >= 4 is 27.2 Å². The molecular formula is C17H18F3N5O2S2. The lowest BCUT2D eigenvalue weighted by molar-refractivity contribution is -0.142. The fraction of sp³-hybridized carbons (Fsp3) is 0.412. The van der Waals surface area contributed by atoms with Gasteiger partial charge in [-0.1, -0.05) is 6.07 Å². The van der Waals surface area contributed by atoms with Crippen LogP contribution < -0.4 is 0 Å². The first-order valence-corrected chi connectivity index (χ1v) is 11.1. The van der Waals surface area contributed by atoms with Gasteiger partial charge in [0.25, 0.3) is 10.2 Å². The van der Waals surface area contributed by atoms with Crippen molar-refractivity contribution < 1.29 is 21.6 Å². The highest BCUT2D eigenvalue weighted by molar-refractivity contribution is 7.86. The summed E-state index contributed by atoms with van der Waals surface area (Å²) in [5.74, 6) is 0. The Labute approximate surface area is 169 Å². The highest BCUT2D eigenvalue weighted by Crippen LogP contribution is 2.37. The van der Waals surface area contributed by atoms with E-state index in [-0.39, 0.29) is 17.0 Å². The maximum atomic E-state index is 13.7. The first kappa shape index (κ1) is 20.3. The van der Waals surface area contributed by atoms with Crippen molar-refractivity contribution in [1.29, 1.82) is 0 Å². The van der Waals surface area contributed by atoms with Crippen LogP contribution in [0, 0.1) is 0 Å². The molecule has 3 aromatic rings. The van der Waals surface area contributed by atoms with Crippen LogP contribution in [0.1, 0.15) is 30.3 Å². The van der Waals surface area contributed by atoms with Crippen LogP contribution in [0.25, 0.3) is 16.2 Å². The van der Waals surface area contributed by atoms with E-state index in [0.717, 1.165) is 14.9 Å². The number of rotatable bonds is 4. The predicted molar refractivity (Wildman–Crippen MR) is 103 cm³/mol. The van der Waals surface area contributed by atoms with Crippen LogP contribution in [0.5, 0.6) is 0 Å². The zero-order chi connectivity index (χ0) is 21.0. The summed E-state index contributed by atoms with van der Waals surface area (Å²) in [4.78, 5) is 4.95. The van der Waals surface area contributed by atoms with Crippen molar-refractivity contribution in [2.24, 2.45) is 0 Å². The van der Waals surface area contributed by atoms with Crippen molar-refractivity contribution in [2.45, 2.75) is 25.1 Å². The molecule has 1 fully saturated rings. The lowest BCUT2D eigenvalue weighted by Crippen LogP contribution is -2.39. The summed E-state index contributed by atoms with van der Waals surface area (Å²) >= 11 is 1.29. The lowest BCUT2D eigenvalue weighted by Gasteiger charge is -2.25. The Balaban J connectivity index is 1.86. The number of aromatic nitrogens is 3.